The SMILES string of the molecule is C=CCOc1cc([C@@H](CCC)NC(=O)[C@]2(C)CSC(/C(C)=N/O[Si](c3ccccc3)(c3ccccc3)C(C)(C)C)=N2)oc(=O)c1. The van der Waals surface area contributed by atoms with Crippen LogP contribution in [0, 0.1) is 0 Å². The second kappa shape index (κ2) is 14.5. The normalized spacial score (nSPS) is 17.7. The third-order valence-corrected chi connectivity index (χ3v) is 13.9. The van der Waals surface area contributed by atoms with Gasteiger partial charge >= 0.3 is 13.9 Å². The van der Waals surface area contributed by atoms with Crippen LogP contribution in [0.25, 0.3) is 0 Å². The molecular formula is C35H43N3O5SSi. The number of nitrogens with one attached hydrogen (secondary N) is 1. The monoisotopic (exact) mass is 645 g/mol. The van der Waals surface area contributed by atoms with Crippen molar-refractivity contribution >= 4 is 47.1 Å². The van der Waals surface area contributed by atoms with Crippen LogP contribution in [0.15, 0.2) is 105 Å². The number of hydrogen-bond acceptors (Lipinski definition) is 8. The minimum Gasteiger partial charge on any atom is -0.489 e. The van der Waals surface area contributed by atoms with Gasteiger partial charge in [-0.25, -0.2) is 4.79 Å². The Labute approximate surface area is 271 Å². The number of ether oxygens (including phenoxy) is 1. The van der Waals surface area contributed by atoms with Crippen molar-refractivity contribution in [1.82, 2.24) is 5.32 Å². The fourth-order valence-electron chi connectivity index (χ4n) is 5.37. The zero-order valence-electron chi connectivity index (χ0n) is 27.0. The Hall–Kier alpha value is -3.89. The number of benzene rings is 2. The first kappa shape index (κ1) is 34.0. The van der Waals surface area contributed by atoms with Crippen LogP contribution in [0.3, 0.4) is 0 Å². The van der Waals surface area contributed by atoms with Gasteiger partial charge in [-0.3, -0.25) is 9.79 Å². The Kier molecular flexibility index (Phi) is 10.9. The van der Waals surface area contributed by atoms with Crippen molar-refractivity contribution in [2.75, 3.05) is 12.4 Å². The van der Waals surface area contributed by atoms with Crippen LogP contribution < -0.4 is 26.1 Å². The highest BCUT2D eigenvalue weighted by Gasteiger charge is 2.53. The van der Waals surface area contributed by atoms with E-state index in [4.69, 9.17) is 23.8 Å². The third kappa shape index (κ3) is 7.68. The molecule has 0 radical (unpaired) electrons. The predicted molar refractivity (Wildman–Crippen MR) is 187 cm³/mol. The summed E-state index contributed by atoms with van der Waals surface area (Å²) in [5, 5.41) is 10.5. The molecule has 45 heavy (non-hydrogen) atoms. The van der Waals surface area contributed by atoms with Gasteiger partial charge in [0.2, 0.25) is 5.91 Å². The molecule has 238 valence electrons. The van der Waals surface area contributed by atoms with Gasteiger partial charge in [-0.2, -0.15) is 0 Å². The van der Waals surface area contributed by atoms with Crippen LogP contribution in [-0.4, -0.2) is 42.9 Å². The van der Waals surface area contributed by atoms with E-state index in [0.29, 0.717) is 34.4 Å². The average molecular weight is 646 g/mol. The van der Waals surface area contributed by atoms with Crippen molar-refractivity contribution in [3.8, 4) is 5.75 Å². The van der Waals surface area contributed by atoms with Crippen LogP contribution in [0.4, 0.5) is 0 Å². The van der Waals surface area contributed by atoms with Crippen molar-refractivity contribution in [2.45, 2.75) is 71.0 Å². The molecule has 1 aromatic heterocycles. The lowest BCUT2D eigenvalue weighted by Gasteiger charge is -2.40. The molecule has 4 rings (SSSR count). The van der Waals surface area contributed by atoms with Crippen LogP contribution in [0.2, 0.25) is 5.04 Å². The molecular weight excluding hydrogens is 603 g/mol. The first-order valence-electron chi connectivity index (χ1n) is 15.2. The number of oxime groups is 1. The maximum Gasteiger partial charge on any atom is 0.354 e. The Morgan fingerprint density at radius 3 is 2.33 bits per heavy atom. The second-order valence-electron chi connectivity index (χ2n) is 12.3. The van der Waals surface area contributed by atoms with Crippen LogP contribution in [-0.2, 0) is 9.32 Å². The van der Waals surface area contributed by atoms with E-state index in [1.807, 2.05) is 50.2 Å². The summed E-state index contributed by atoms with van der Waals surface area (Å²) in [6.07, 6.45) is 2.93. The predicted octanol–water partition coefficient (Wildman–Crippen LogP) is 6.02. The Morgan fingerprint density at radius 2 is 1.78 bits per heavy atom. The number of rotatable bonds is 13. The Morgan fingerprint density at radius 1 is 1.16 bits per heavy atom. The quantitative estimate of drug-likeness (QED) is 0.106. The van der Waals surface area contributed by atoms with Crippen molar-refractivity contribution in [3.05, 3.63) is 102 Å². The molecule has 2 aromatic carbocycles. The summed E-state index contributed by atoms with van der Waals surface area (Å²) in [5.74, 6) is 0.883. The number of nitrogens with zero attached hydrogens (tertiary/aromatic N) is 2. The van der Waals surface area contributed by atoms with Gasteiger partial charge in [0.15, 0.2) is 0 Å². The van der Waals surface area contributed by atoms with E-state index in [-0.39, 0.29) is 17.6 Å². The highest BCUT2D eigenvalue weighted by atomic mass is 32.2. The summed E-state index contributed by atoms with van der Waals surface area (Å²) in [4.78, 5) is 30.8. The lowest BCUT2D eigenvalue weighted by molar-refractivity contribution is -0.125. The van der Waals surface area contributed by atoms with E-state index in [1.54, 1.807) is 19.1 Å². The minimum absolute atomic E-state index is 0.240. The molecule has 0 saturated carbocycles. The van der Waals surface area contributed by atoms with Crippen molar-refractivity contribution in [3.63, 3.8) is 0 Å². The number of carbonyl (C=O) groups is 1. The Bertz CT molecular complexity index is 1560. The summed E-state index contributed by atoms with van der Waals surface area (Å²) in [6.45, 7) is 16.2. The highest BCUT2D eigenvalue weighted by Crippen LogP contribution is 2.37. The zero-order valence-corrected chi connectivity index (χ0v) is 28.8. The van der Waals surface area contributed by atoms with E-state index >= 15 is 0 Å². The van der Waals surface area contributed by atoms with Gasteiger partial charge in [-0.15, -0.1) is 16.9 Å². The van der Waals surface area contributed by atoms with Gasteiger partial charge in [-0.05, 0) is 30.6 Å². The summed E-state index contributed by atoms with van der Waals surface area (Å²) in [6, 6.07) is 23.0. The standard InChI is InChI=1S/C35H43N3O5SSi/c1-8-16-29(30-22-26(41-21-9-2)23-31(39)42-30)36-33(40)35(7)24-44-32(37-35)25(3)38-43-45(34(4,5)6,27-17-12-10-13-18-27)28-19-14-11-15-20-28/h9-15,17-20,22-23,29H,2,8,16,21,24H2,1,3-7H3,(H,36,40)/b38-25+/t29-,35+/m1/s1. The van der Waals surface area contributed by atoms with Crippen molar-refractivity contribution < 1.29 is 18.5 Å². The molecule has 2 atom stereocenters. The largest absolute Gasteiger partial charge is 0.489 e. The van der Waals surface area contributed by atoms with Crippen molar-refractivity contribution in [2.24, 2.45) is 10.1 Å². The summed E-state index contributed by atoms with van der Waals surface area (Å²) >= 11 is 1.48. The summed E-state index contributed by atoms with van der Waals surface area (Å²) < 4.78 is 17.8. The molecule has 1 N–H and O–H groups in total. The fraction of sp³-hybridized carbons (Fsp3) is 0.371. The molecule has 0 spiro atoms. The van der Waals surface area contributed by atoms with Crippen LogP contribution in [0.1, 0.15) is 66.2 Å². The first-order chi connectivity index (χ1) is 21.4. The average Bonchev–Trinajstić information content (AvgIpc) is 3.43. The smallest absolute Gasteiger partial charge is 0.354 e. The van der Waals surface area contributed by atoms with Gasteiger partial charge in [0.1, 0.15) is 34.4 Å². The van der Waals surface area contributed by atoms with Crippen LogP contribution in [0.5, 0.6) is 5.75 Å². The minimum atomic E-state index is -2.89. The molecule has 3 aromatic rings. The number of aliphatic imine (C=N–C) groups is 1. The van der Waals surface area contributed by atoms with Gasteiger partial charge in [0, 0.05) is 16.9 Å². The van der Waals surface area contributed by atoms with E-state index in [0.717, 1.165) is 16.8 Å². The van der Waals surface area contributed by atoms with E-state index in [1.165, 1.54) is 17.8 Å². The van der Waals surface area contributed by atoms with Gasteiger partial charge < -0.3 is 19.0 Å². The molecule has 0 aliphatic carbocycles. The summed E-state index contributed by atoms with van der Waals surface area (Å²) in [5.41, 5.74) is -0.970. The lowest BCUT2D eigenvalue weighted by atomic mass is 10.0. The molecule has 2 heterocycles. The zero-order chi connectivity index (χ0) is 32.7. The first-order valence-corrected chi connectivity index (χ1v) is 18.1. The molecule has 0 bridgehead atoms. The Balaban J connectivity index is 1.61. The van der Waals surface area contributed by atoms with E-state index in [9.17, 15) is 9.59 Å². The third-order valence-electron chi connectivity index (χ3n) is 7.73. The molecule has 0 fully saturated rings. The van der Waals surface area contributed by atoms with Gasteiger partial charge in [0.25, 0.3) is 0 Å². The molecule has 1 aliphatic rings. The molecule has 0 unspecified atom stereocenters. The highest BCUT2D eigenvalue weighted by molar-refractivity contribution is 8.16. The number of hydrogen-bond donors (Lipinski definition) is 1. The summed E-state index contributed by atoms with van der Waals surface area (Å²) in [7, 11) is -2.89. The number of carbonyl (C=O) groups excluding carboxylic acids is 1. The van der Waals surface area contributed by atoms with E-state index < -0.39 is 25.5 Å². The molecule has 1 aliphatic heterocycles. The van der Waals surface area contributed by atoms with Crippen molar-refractivity contribution in [1.29, 1.82) is 0 Å². The maximum absolute atomic E-state index is 13.7. The molecule has 0 saturated heterocycles. The van der Waals surface area contributed by atoms with E-state index in [2.05, 4.69) is 56.9 Å². The molecule has 1 amide bonds. The molecule has 10 heteroatoms. The maximum atomic E-state index is 13.7. The number of amides is 1. The topological polar surface area (TPSA) is 102 Å². The second-order valence-corrected chi connectivity index (χ2v) is 17.5. The lowest BCUT2D eigenvalue weighted by Crippen LogP contribution is -2.65. The van der Waals surface area contributed by atoms with Crippen LogP contribution >= 0.6 is 11.8 Å². The number of thioether (sulfide) groups is 1. The molecule has 8 nitrogen and oxygen atoms in total. The van der Waals surface area contributed by atoms with Gasteiger partial charge in [-0.1, -0.05) is 107 Å². The fourth-order valence-corrected chi connectivity index (χ4v) is 10.6. The van der Waals surface area contributed by atoms with Gasteiger partial charge in [0.05, 0.1) is 12.1 Å².